The van der Waals surface area contributed by atoms with Crippen LogP contribution in [0.1, 0.15) is 45.4 Å². The molecule has 0 radical (unpaired) electrons. The highest BCUT2D eigenvalue weighted by molar-refractivity contribution is 7.80. The van der Waals surface area contributed by atoms with Gasteiger partial charge >= 0.3 is 0 Å². The summed E-state index contributed by atoms with van der Waals surface area (Å²) in [4.78, 5) is 8.12. The summed E-state index contributed by atoms with van der Waals surface area (Å²) in [5, 5.41) is 0. The molecule has 0 saturated heterocycles. The second-order valence-electron chi connectivity index (χ2n) is 7.09. The minimum absolute atomic E-state index is 0.105. The van der Waals surface area contributed by atoms with Crippen molar-refractivity contribution in [1.82, 2.24) is 9.97 Å². The first kappa shape index (κ1) is 19.3. The Morgan fingerprint density at radius 1 is 1.42 bits per heavy atom. The molecule has 0 amide bonds. The zero-order chi connectivity index (χ0) is 18.9. The number of anilines is 1. The quantitative estimate of drug-likeness (QED) is 0.749. The Labute approximate surface area is 156 Å². The highest BCUT2D eigenvalue weighted by atomic mass is 32.2. The van der Waals surface area contributed by atoms with Crippen LogP contribution in [0.2, 0.25) is 0 Å². The van der Waals surface area contributed by atoms with Gasteiger partial charge in [-0.1, -0.05) is 0 Å². The smallest absolute Gasteiger partial charge is 0.262 e. The Bertz CT molecular complexity index is 794. The van der Waals surface area contributed by atoms with E-state index < -0.39 is 16.9 Å². The van der Waals surface area contributed by atoms with E-state index in [0.717, 1.165) is 42.5 Å². The number of nitrogens with zero attached hydrogens (tertiary/aromatic N) is 2. The molecule has 26 heavy (non-hydrogen) atoms. The van der Waals surface area contributed by atoms with Crippen LogP contribution in [0.4, 0.5) is 5.69 Å². The van der Waals surface area contributed by atoms with Crippen molar-refractivity contribution in [3.05, 3.63) is 24.0 Å². The molecule has 2 aromatic rings. The van der Waals surface area contributed by atoms with E-state index in [1.807, 2.05) is 32.0 Å². The number of aromatic nitrogens is 2. The molecular weight excluding hydrogens is 354 g/mol. The summed E-state index contributed by atoms with van der Waals surface area (Å²) >= 11 is -2.08. The number of methoxy groups -OCH3 is 2. The molecule has 0 aliphatic heterocycles. The molecule has 3 rings (SSSR count). The van der Waals surface area contributed by atoms with Gasteiger partial charge in [0.05, 0.1) is 22.8 Å². The van der Waals surface area contributed by atoms with Gasteiger partial charge in [-0.05, 0) is 51.3 Å². The van der Waals surface area contributed by atoms with E-state index in [1.54, 1.807) is 14.2 Å². The van der Waals surface area contributed by atoms with Crippen molar-refractivity contribution < 1.29 is 18.2 Å². The van der Waals surface area contributed by atoms with Gasteiger partial charge in [-0.15, -0.1) is 0 Å². The molecule has 8 heteroatoms. The number of rotatable bonds is 6. The fourth-order valence-electron chi connectivity index (χ4n) is 3.80. The number of benzene rings is 1. The second-order valence-corrected chi connectivity index (χ2v) is 7.94. The summed E-state index contributed by atoms with van der Waals surface area (Å²) < 4.78 is 34.2. The van der Waals surface area contributed by atoms with Gasteiger partial charge in [-0.3, -0.25) is 8.86 Å². The van der Waals surface area contributed by atoms with E-state index in [4.69, 9.17) is 14.5 Å². The third-order valence-electron chi connectivity index (χ3n) is 5.18. The molecule has 1 aliphatic carbocycles. The van der Waals surface area contributed by atoms with E-state index in [9.17, 15) is 8.76 Å². The van der Waals surface area contributed by atoms with Gasteiger partial charge in [0, 0.05) is 26.7 Å². The summed E-state index contributed by atoms with van der Waals surface area (Å²) in [6.07, 6.45) is 3.83. The number of imidazole rings is 1. The summed E-state index contributed by atoms with van der Waals surface area (Å²) in [7, 11) is 3.45. The van der Waals surface area contributed by atoms with Crippen molar-refractivity contribution in [2.45, 2.75) is 57.3 Å². The molecule has 3 unspecified atom stereocenters. The summed E-state index contributed by atoms with van der Waals surface area (Å²) in [5.41, 5.74) is 1.82. The standard InChI is InChI=1S/C18H27N3O4S/c1-12(2)21(26(22)23)13-7-8-15-16(10-13)20-17(19-15)18(25-4)9-5-6-14(11-18)24-3/h7-8,10,12,14H,5-6,9,11H2,1-4H3,(H,19,20)(H,22,23). The predicted octanol–water partition coefficient (Wildman–Crippen LogP) is 3.35. The first-order valence-corrected chi connectivity index (χ1v) is 9.95. The maximum Gasteiger partial charge on any atom is 0.262 e. The number of hydrogen-bond donors (Lipinski definition) is 2. The second kappa shape index (κ2) is 7.64. The highest BCUT2D eigenvalue weighted by Gasteiger charge is 2.41. The molecule has 2 N–H and O–H groups in total. The highest BCUT2D eigenvalue weighted by Crippen LogP contribution is 2.40. The number of nitrogens with one attached hydrogen (secondary N) is 1. The van der Waals surface area contributed by atoms with E-state index >= 15 is 0 Å². The largest absolute Gasteiger partial charge is 0.381 e. The van der Waals surface area contributed by atoms with E-state index in [1.165, 1.54) is 4.31 Å². The number of hydrogen-bond acceptors (Lipinski definition) is 4. The van der Waals surface area contributed by atoms with Crippen LogP contribution in [0.25, 0.3) is 11.0 Å². The molecule has 0 spiro atoms. The lowest BCUT2D eigenvalue weighted by atomic mass is 9.82. The minimum Gasteiger partial charge on any atom is -0.381 e. The fraction of sp³-hybridized carbons (Fsp3) is 0.611. The monoisotopic (exact) mass is 381 g/mol. The maximum absolute atomic E-state index is 11.7. The molecule has 1 aromatic heterocycles. The number of ether oxygens (including phenoxy) is 2. The molecule has 0 bridgehead atoms. The Balaban J connectivity index is 2.00. The van der Waals surface area contributed by atoms with E-state index in [2.05, 4.69) is 4.98 Å². The van der Waals surface area contributed by atoms with Gasteiger partial charge in [0.15, 0.2) is 0 Å². The van der Waals surface area contributed by atoms with Crippen LogP contribution in [-0.4, -0.2) is 45.1 Å². The molecule has 1 fully saturated rings. The lowest BCUT2D eigenvalue weighted by Gasteiger charge is -2.37. The SMILES string of the molecule is COC1CCCC(OC)(c2nc3ccc(N(C(C)C)S(=O)O)cc3[nH]2)C1. The minimum atomic E-state index is -2.08. The molecule has 1 heterocycles. The van der Waals surface area contributed by atoms with E-state index in [0.29, 0.717) is 5.69 Å². The lowest BCUT2D eigenvalue weighted by Crippen LogP contribution is -2.38. The average molecular weight is 381 g/mol. The molecule has 7 nitrogen and oxygen atoms in total. The molecule has 1 aromatic carbocycles. The Hall–Kier alpha value is -1.48. The summed E-state index contributed by atoms with van der Waals surface area (Å²) in [6, 6.07) is 5.44. The predicted molar refractivity (Wildman–Crippen MR) is 102 cm³/mol. The van der Waals surface area contributed by atoms with Crippen LogP contribution in [0.15, 0.2) is 18.2 Å². The molecular formula is C18H27N3O4S. The van der Waals surface area contributed by atoms with Crippen molar-refractivity contribution in [1.29, 1.82) is 0 Å². The molecule has 3 atom stereocenters. The number of fused-ring (bicyclic) bond motifs is 1. The zero-order valence-corrected chi connectivity index (χ0v) is 16.5. The summed E-state index contributed by atoms with van der Waals surface area (Å²) in [5.74, 6) is 0.787. The van der Waals surface area contributed by atoms with Crippen LogP contribution in [0, 0.1) is 0 Å². The van der Waals surface area contributed by atoms with Crippen molar-refractivity contribution in [3.8, 4) is 0 Å². The van der Waals surface area contributed by atoms with Crippen LogP contribution in [0.3, 0.4) is 0 Å². The van der Waals surface area contributed by atoms with Crippen LogP contribution in [-0.2, 0) is 26.3 Å². The fourth-order valence-corrected chi connectivity index (χ4v) is 4.46. The third-order valence-corrected chi connectivity index (χ3v) is 6.15. The van der Waals surface area contributed by atoms with Gasteiger partial charge < -0.3 is 14.5 Å². The van der Waals surface area contributed by atoms with Crippen LogP contribution in [0.5, 0.6) is 0 Å². The van der Waals surface area contributed by atoms with Crippen molar-refractivity contribution in [3.63, 3.8) is 0 Å². The van der Waals surface area contributed by atoms with Gasteiger partial charge in [-0.25, -0.2) is 9.19 Å². The molecule has 144 valence electrons. The Kier molecular flexibility index (Phi) is 5.67. The third kappa shape index (κ3) is 3.51. The zero-order valence-electron chi connectivity index (χ0n) is 15.7. The normalized spacial score (nSPS) is 24.9. The van der Waals surface area contributed by atoms with Crippen LogP contribution < -0.4 is 4.31 Å². The lowest BCUT2D eigenvalue weighted by molar-refractivity contribution is -0.0945. The summed E-state index contributed by atoms with van der Waals surface area (Å²) in [6.45, 7) is 3.76. The molecule has 1 saturated carbocycles. The van der Waals surface area contributed by atoms with Crippen LogP contribution >= 0.6 is 0 Å². The van der Waals surface area contributed by atoms with Crippen molar-refractivity contribution in [2.75, 3.05) is 18.5 Å². The van der Waals surface area contributed by atoms with Crippen molar-refractivity contribution in [2.24, 2.45) is 0 Å². The van der Waals surface area contributed by atoms with Gasteiger partial charge in [0.25, 0.3) is 11.3 Å². The topological polar surface area (TPSA) is 87.7 Å². The molecule has 1 aliphatic rings. The first-order valence-electron chi connectivity index (χ1n) is 8.88. The van der Waals surface area contributed by atoms with Gasteiger partial charge in [-0.2, -0.15) is 0 Å². The Morgan fingerprint density at radius 2 is 2.19 bits per heavy atom. The van der Waals surface area contributed by atoms with Gasteiger partial charge in [0.1, 0.15) is 11.4 Å². The van der Waals surface area contributed by atoms with Crippen molar-refractivity contribution >= 4 is 28.0 Å². The maximum atomic E-state index is 11.7. The average Bonchev–Trinajstić information content (AvgIpc) is 3.05. The van der Waals surface area contributed by atoms with E-state index in [-0.39, 0.29) is 12.1 Å². The Morgan fingerprint density at radius 3 is 2.81 bits per heavy atom. The number of H-pyrrole nitrogens is 1. The first-order chi connectivity index (χ1) is 12.4. The number of aromatic amines is 1. The van der Waals surface area contributed by atoms with Gasteiger partial charge in [0.2, 0.25) is 0 Å².